The van der Waals surface area contributed by atoms with E-state index in [1.165, 1.54) is 0 Å². The maximum absolute atomic E-state index is 12.1. The van der Waals surface area contributed by atoms with Crippen LogP contribution in [0.15, 0.2) is 0 Å². The van der Waals surface area contributed by atoms with Crippen LogP contribution in [-0.4, -0.2) is 53.2 Å². The summed E-state index contributed by atoms with van der Waals surface area (Å²) in [5.41, 5.74) is 0. The van der Waals surface area contributed by atoms with E-state index in [-0.39, 0.29) is 18.5 Å². The number of fused-ring (bicyclic) bond motifs is 1. The first-order chi connectivity index (χ1) is 9.78. The van der Waals surface area contributed by atoms with Crippen LogP contribution in [0.3, 0.4) is 0 Å². The Morgan fingerprint density at radius 1 is 1.24 bits per heavy atom. The Kier molecular flexibility index (Phi) is 4.75. The average Bonchev–Trinajstić information content (AvgIpc) is 2.75. The molecule has 21 heavy (non-hydrogen) atoms. The summed E-state index contributed by atoms with van der Waals surface area (Å²) in [5, 5.41) is 11.1. The summed E-state index contributed by atoms with van der Waals surface area (Å²) in [7, 11) is 0. The van der Waals surface area contributed by atoms with Crippen LogP contribution >= 0.6 is 0 Å². The second-order valence-electron chi connectivity index (χ2n) is 5.77. The van der Waals surface area contributed by atoms with Gasteiger partial charge >= 0.3 is 12.1 Å². The first-order valence-corrected chi connectivity index (χ1v) is 7.10. The van der Waals surface area contributed by atoms with Crippen molar-refractivity contribution in [2.24, 2.45) is 5.92 Å². The number of carbonyl (C=O) groups excluding carboxylic acids is 1. The number of carboxylic acid groups (broad SMARTS) is 1. The van der Waals surface area contributed by atoms with Gasteiger partial charge in [-0.1, -0.05) is 12.8 Å². The quantitative estimate of drug-likeness (QED) is 0.823. The molecule has 2 rings (SSSR count). The lowest BCUT2D eigenvalue weighted by Crippen LogP contribution is -2.48. The van der Waals surface area contributed by atoms with Crippen LogP contribution in [0, 0.1) is 5.92 Å². The lowest BCUT2D eigenvalue weighted by atomic mass is 9.85. The topological polar surface area (TPSA) is 69.6 Å². The molecule has 0 radical (unpaired) electrons. The molecule has 0 spiro atoms. The van der Waals surface area contributed by atoms with Crippen molar-refractivity contribution >= 4 is 11.9 Å². The third kappa shape index (κ3) is 4.09. The maximum atomic E-state index is 12.1. The summed E-state index contributed by atoms with van der Waals surface area (Å²) >= 11 is 0. The zero-order chi connectivity index (χ0) is 15.6. The molecule has 0 bridgehead atoms. The molecule has 0 aromatic rings. The second-order valence-corrected chi connectivity index (χ2v) is 5.77. The average molecular weight is 308 g/mol. The van der Waals surface area contributed by atoms with Crippen LogP contribution in [0.5, 0.6) is 0 Å². The van der Waals surface area contributed by atoms with Gasteiger partial charge < -0.3 is 10.4 Å². The molecule has 1 heterocycles. The van der Waals surface area contributed by atoms with Gasteiger partial charge in [-0.25, -0.2) is 0 Å². The first-order valence-electron chi connectivity index (χ1n) is 7.10. The highest BCUT2D eigenvalue weighted by atomic mass is 19.4. The zero-order valence-electron chi connectivity index (χ0n) is 11.5. The van der Waals surface area contributed by atoms with E-state index in [0.717, 1.165) is 25.7 Å². The molecule has 0 aromatic carbocycles. The Morgan fingerprint density at radius 2 is 1.90 bits per heavy atom. The summed E-state index contributed by atoms with van der Waals surface area (Å²) in [5.74, 6) is -1.55. The van der Waals surface area contributed by atoms with Gasteiger partial charge in [0, 0.05) is 6.04 Å². The standard InChI is InChI=1S/C13H19F3N2O3/c14-13(15,16)7-17-11(19)6-18-9-4-2-1-3-8(9)5-10(18)12(20)21/h8-10H,1-7H2,(H,17,19)(H,20,21)/t8-,9-,10+/m1/s1. The number of alkyl halides is 3. The highest BCUT2D eigenvalue weighted by Gasteiger charge is 2.45. The van der Waals surface area contributed by atoms with Crippen molar-refractivity contribution in [1.29, 1.82) is 0 Å². The second kappa shape index (κ2) is 6.21. The molecule has 1 amide bonds. The number of rotatable bonds is 4. The van der Waals surface area contributed by atoms with Gasteiger partial charge in [0.1, 0.15) is 12.6 Å². The molecule has 1 saturated heterocycles. The van der Waals surface area contributed by atoms with Crippen molar-refractivity contribution < 1.29 is 27.9 Å². The number of carboxylic acids is 1. The third-order valence-electron chi connectivity index (χ3n) is 4.32. The highest BCUT2D eigenvalue weighted by molar-refractivity contribution is 5.80. The van der Waals surface area contributed by atoms with Crippen molar-refractivity contribution in [3.8, 4) is 0 Å². The molecular weight excluding hydrogens is 289 g/mol. The van der Waals surface area contributed by atoms with Gasteiger partial charge in [-0.15, -0.1) is 0 Å². The van der Waals surface area contributed by atoms with Gasteiger partial charge in [0.25, 0.3) is 0 Å². The van der Waals surface area contributed by atoms with Gasteiger partial charge in [0.15, 0.2) is 0 Å². The van der Waals surface area contributed by atoms with Gasteiger partial charge in [-0.05, 0) is 25.2 Å². The molecular formula is C13H19F3N2O3. The fourth-order valence-electron chi connectivity index (χ4n) is 3.44. The third-order valence-corrected chi connectivity index (χ3v) is 4.32. The molecule has 1 aliphatic heterocycles. The Bertz CT molecular complexity index is 414. The fourth-order valence-corrected chi connectivity index (χ4v) is 3.44. The number of aliphatic carboxylic acids is 1. The van der Waals surface area contributed by atoms with E-state index < -0.39 is 30.6 Å². The van der Waals surface area contributed by atoms with E-state index in [9.17, 15) is 27.9 Å². The summed E-state index contributed by atoms with van der Waals surface area (Å²) in [4.78, 5) is 24.5. The Hall–Kier alpha value is -1.31. The minimum atomic E-state index is -4.46. The monoisotopic (exact) mass is 308 g/mol. The maximum Gasteiger partial charge on any atom is 0.405 e. The minimum Gasteiger partial charge on any atom is -0.480 e. The van der Waals surface area contributed by atoms with Gasteiger partial charge in [-0.3, -0.25) is 14.5 Å². The molecule has 2 N–H and O–H groups in total. The number of amides is 1. The molecule has 8 heteroatoms. The van der Waals surface area contributed by atoms with Gasteiger partial charge in [0.05, 0.1) is 6.54 Å². The molecule has 120 valence electrons. The van der Waals surface area contributed by atoms with Gasteiger partial charge in [-0.2, -0.15) is 13.2 Å². The van der Waals surface area contributed by atoms with Gasteiger partial charge in [0.2, 0.25) is 5.91 Å². The number of likely N-dealkylation sites (tertiary alicyclic amines) is 1. The first kappa shape index (κ1) is 16.1. The SMILES string of the molecule is O=C(CN1[C@@H]2CCCC[C@@H]2C[C@H]1C(=O)O)NCC(F)(F)F. The molecule has 2 aliphatic rings. The molecule has 5 nitrogen and oxygen atoms in total. The Balaban J connectivity index is 1.97. The van der Waals surface area contributed by atoms with E-state index in [2.05, 4.69) is 0 Å². The zero-order valence-corrected chi connectivity index (χ0v) is 11.5. The predicted molar refractivity (Wildman–Crippen MR) is 67.6 cm³/mol. The van der Waals surface area contributed by atoms with E-state index in [1.807, 2.05) is 0 Å². The number of hydrogen-bond donors (Lipinski definition) is 2. The molecule has 1 saturated carbocycles. The lowest BCUT2D eigenvalue weighted by Gasteiger charge is -2.32. The number of hydrogen-bond acceptors (Lipinski definition) is 3. The normalized spacial score (nSPS) is 30.0. The smallest absolute Gasteiger partial charge is 0.405 e. The van der Waals surface area contributed by atoms with Crippen molar-refractivity contribution in [3.05, 3.63) is 0 Å². The summed E-state index contributed by atoms with van der Waals surface area (Å²) in [6.07, 6.45) is -0.237. The predicted octanol–water partition coefficient (Wildman–Crippen LogP) is 1.38. The van der Waals surface area contributed by atoms with Crippen molar-refractivity contribution in [1.82, 2.24) is 10.2 Å². The van der Waals surface area contributed by atoms with E-state index in [4.69, 9.17) is 0 Å². The summed E-state index contributed by atoms with van der Waals surface area (Å²) in [6.45, 7) is -1.67. The van der Waals surface area contributed by atoms with Crippen LogP contribution in [0.2, 0.25) is 0 Å². The van der Waals surface area contributed by atoms with Crippen LogP contribution < -0.4 is 5.32 Å². The molecule has 2 fully saturated rings. The van der Waals surface area contributed by atoms with Crippen molar-refractivity contribution in [2.45, 2.75) is 50.4 Å². The number of nitrogens with zero attached hydrogens (tertiary/aromatic N) is 1. The van der Waals surface area contributed by atoms with Crippen LogP contribution in [0.25, 0.3) is 0 Å². The van der Waals surface area contributed by atoms with Crippen LogP contribution in [-0.2, 0) is 9.59 Å². The molecule has 0 aromatic heterocycles. The Morgan fingerprint density at radius 3 is 2.52 bits per heavy atom. The Labute approximate surface area is 120 Å². The van der Waals surface area contributed by atoms with Crippen molar-refractivity contribution in [2.75, 3.05) is 13.1 Å². The lowest BCUT2D eigenvalue weighted by molar-refractivity contribution is -0.145. The van der Waals surface area contributed by atoms with Crippen molar-refractivity contribution in [3.63, 3.8) is 0 Å². The van der Waals surface area contributed by atoms with E-state index in [0.29, 0.717) is 6.42 Å². The minimum absolute atomic E-state index is 0.00325. The number of halogens is 3. The number of carbonyl (C=O) groups is 2. The largest absolute Gasteiger partial charge is 0.480 e. The molecule has 3 atom stereocenters. The summed E-state index contributed by atoms with van der Waals surface area (Å²) in [6, 6.07) is -0.772. The van der Waals surface area contributed by atoms with Crippen LogP contribution in [0.1, 0.15) is 32.1 Å². The van der Waals surface area contributed by atoms with E-state index >= 15 is 0 Å². The van der Waals surface area contributed by atoms with Crippen LogP contribution in [0.4, 0.5) is 13.2 Å². The summed E-state index contributed by atoms with van der Waals surface area (Å²) < 4.78 is 36.2. The fraction of sp³-hybridized carbons (Fsp3) is 0.846. The molecule has 0 unspecified atom stereocenters. The molecule has 1 aliphatic carbocycles. The number of nitrogens with one attached hydrogen (secondary N) is 1. The van der Waals surface area contributed by atoms with E-state index in [1.54, 1.807) is 10.2 Å². The highest BCUT2D eigenvalue weighted by Crippen LogP contribution is 2.39.